The summed E-state index contributed by atoms with van der Waals surface area (Å²) >= 11 is 0. The molecular weight excluding hydrogens is 695 g/mol. The number of methoxy groups -OCH3 is 2. The minimum Gasteiger partial charge on any atom is -0.497 e. The molecule has 2 saturated heterocycles. The third kappa shape index (κ3) is 11.3. The number of halogens is 2. The van der Waals surface area contributed by atoms with Gasteiger partial charge in [0, 0.05) is 24.9 Å². The molecule has 4 aromatic rings. The predicted octanol–water partition coefficient (Wildman–Crippen LogP) is 8.01. The summed E-state index contributed by atoms with van der Waals surface area (Å²) in [6.07, 6.45) is 0. The Balaban J connectivity index is 0.000000270. The van der Waals surface area contributed by atoms with Crippen molar-refractivity contribution in [3.63, 3.8) is 0 Å². The Hall–Kier alpha value is -4.44. The molecule has 276 valence electrons. The van der Waals surface area contributed by atoms with Crippen molar-refractivity contribution in [3.05, 3.63) is 119 Å². The zero-order chi connectivity index (χ0) is 35.3. The largest absolute Gasteiger partial charge is 0.497 e. The lowest BCUT2D eigenvalue weighted by atomic mass is 9.75. The molecule has 0 saturated carbocycles. The zero-order valence-electron chi connectivity index (χ0n) is 30.3. The molecule has 2 heterocycles. The summed E-state index contributed by atoms with van der Waals surface area (Å²) in [6, 6.07) is 35.7. The molecule has 8 nitrogen and oxygen atoms in total. The number of nitrogens with zero attached hydrogens (tertiary/aromatic N) is 2. The van der Waals surface area contributed by atoms with Crippen LogP contribution in [0.2, 0.25) is 0 Å². The summed E-state index contributed by atoms with van der Waals surface area (Å²) in [4.78, 5) is 0. The van der Waals surface area contributed by atoms with Gasteiger partial charge in [-0.2, -0.15) is 10.5 Å². The molecule has 0 unspecified atom stereocenters. The van der Waals surface area contributed by atoms with E-state index in [0.29, 0.717) is 59.8 Å². The van der Waals surface area contributed by atoms with E-state index in [9.17, 15) is 0 Å². The fraction of sp³-hybridized carbons (Fsp3) is 0.381. The maximum Gasteiger partial charge on any atom is 0.120 e. The first kappa shape index (κ1) is 42.0. The van der Waals surface area contributed by atoms with E-state index in [2.05, 4.69) is 60.9 Å². The second kappa shape index (κ2) is 21.2. The molecule has 6 rings (SSSR count). The van der Waals surface area contributed by atoms with E-state index in [4.69, 9.17) is 29.5 Å². The van der Waals surface area contributed by atoms with Crippen LogP contribution in [0.1, 0.15) is 47.9 Å². The first-order valence-electron chi connectivity index (χ1n) is 17.4. The second-order valence-corrected chi connectivity index (χ2v) is 13.3. The van der Waals surface area contributed by atoms with Crippen molar-refractivity contribution in [2.45, 2.75) is 25.7 Å². The molecule has 2 aliphatic heterocycles. The van der Waals surface area contributed by atoms with Crippen molar-refractivity contribution >= 4 is 24.8 Å². The number of rotatable bonds is 10. The Morgan fingerprint density at radius 3 is 1.29 bits per heavy atom. The third-order valence-electron chi connectivity index (χ3n) is 9.84. The average Bonchev–Trinajstić information content (AvgIpc) is 3.17. The standard InChI is InChI=1S/2C21H24N2O2.2ClH/c2*1-15-12-23-13-18(14-25-20-5-3-4-16(10-20)11-22)21(15)17-6-8-19(24-2)9-7-17;;/h2*3-10,15,18,21,23H,12-14H2,1-2H3;2*1H/t15-,18+,21+;15-,18-,21-;;/m10../s1. The lowest BCUT2D eigenvalue weighted by molar-refractivity contribution is 0.166. The number of hydrogen-bond acceptors (Lipinski definition) is 8. The molecule has 2 aliphatic rings. The van der Waals surface area contributed by atoms with E-state index in [-0.39, 0.29) is 24.8 Å². The van der Waals surface area contributed by atoms with E-state index in [1.54, 1.807) is 38.5 Å². The van der Waals surface area contributed by atoms with Gasteiger partial charge < -0.3 is 29.6 Å². The zero-order valence-corrected chi connectivity index (χ0v) is 31.9. The highest BCUT2D eigenvalue weighted by atomic mass is 35.5. The van der Waals surface area contributed by atoms with Crippen molar-refractivity contribution in [1.29, 1.82) is 10.5 Å². The van der Waals surface area contributed by atoms with Crippen LogP contribution in [0.4, 0.5) is 0 Å². The Kier molecular flexibility index (Phi) is 17.1. The Morgan fingerprint density at radius 1 is 0.558 bits per heavy atom. The minimum absolute atomic E-state index is 0. The van der Waals surface area contributed by atoms with Crippen LogP contribution in [0.5, 0.6) is 23.0 Å². The van der Waals surface area contributed by atoms with Crippen LogP contribution in [-0.2, 0) is 0 Å². The smallest absolute Gasteiger partial charge is 0.120 e. The average molecular weight is 746 g/mol. The van der Waals surface area contributed by atoms with Crippen LogP contribution in [0.3, 0.4) is 0 Å². The van der Waals surface area contributed by atoms with Crippen LogP contribution in [0.15, 0.2) is 97.1 Å². The Labute approximate surface area is 321 Å². The highest BCUT2D eigenvalue weighted by molar-refractivity contribution is 5.85. The summed E-state index contributed by atoms with van der Waals surface area (Å²) in [7, 11) is 3.38. The van der Waals surface area contributed by atoms with Crippen molar-refractivity contribution in [2.75, 3.05) is 53.6 Å². The first-order chi connectivity index (χ1) is 24.4. The van der Waals surface area contributed by atoms with Gasteiger partial charge in [0.25, 0.3) is 0 Å². The molecule has 0 aliphatic carbocycles. The Morgan fingerprint density at radius 2 is 0.942 bits per heavy atom. The lowest BCUT2D eigenvalue weighted by Gasteiger charge is -2.37. The fourth-order valence-electron chi connectivity index (χ4n) is 7.33. The molecule has 52 heavy (non-hydrogen) atoms. The summed E-state index contributed by atoms with van der Waals surface area (Å²) in [5.74, 6) is 5.96. The van der Waals surface area contributed by atoms with Gasteiger partial charge in [0.05, 0.1) is 50.7 Å². The van der Waals surface area contributed by atoms with Gasteiger partial charge in [0.1, 0.15) is 23.0 Å². The molecule has 2 N–H and O–H groups in total. The monoisotopic (exact) mass is 744 g/mol. The number of hydrogen-bond donors (Lipinski definition) is 2. The summed E-state index contributed by atoms with van der Waals surface area (Å²) in [6.45, 7) is 9.70. The highest BCUT2D eigenvalue weighted by Crippen LogP contribution is 2.37. The van der Waals surface area contributed by atoms with Crippen molar-refractivity contribution < 1.29 is 18.9 Å². The lowest BCUT2D eigenvalue weighted by Crippen LogP contribution is -2.43. The van der Waals surface area contributed by atoms with Crippen molar-refractivity contribution in [2.24, 2.45) is 23.7 Å². The SMILES string of the molecule is COc1ccc([C@H]2[C@H](COc3cccc(C#N)c3)CNC[C@@H]2C)cc1.COc1ccc([C@H]2[C@H](COc3cccc(C#N)c3)CNC[C@H]2C)cc1.Cl.Cl. The molecule has 0 spiro atoms. The van der Waals surface area contributed by atoms with Crippen LogP contribution in [0, 0.1) is 46.3 Å². The minimum atomic E-state index is 0. The molecule has 4 aromatic carbocycles. The molecule has 2 fully saturated rings. The van der Waals surface area contributed by atoms with Gasteiger partial charge in [-0.3, -0.25) is 0 Å². The molecule has 10 heteroatoms. The highest BCUT2D eigenvalue weighted by Gasteiger charge is 2.33. The number of piperidine rings is 2. The number of ether oxygens (including phenoxy) is 4. The van der Waals surface area contributed by atoms with Crippen LogP contribution in [0.25, 0.3) is 0 Å². The summed E-state index contributed by atoms with van der Waals surface area (Å²) in [5.41, 5.74) is 3.90. The van der Waals surface area contributed by atoms with Crippen LogP contribution >= 0.6 is 24.8 Å². The van der Waals surface area contributed by atoms with Crippen LogP contribution in [-0.4, -0.2) is 53.6 Å². The first-order valence-corrected chi connectivity index (χ1v) is 17.4. The third-order valence-corrected chi connectivity index (χ3v) is 9.84. The predicted molar refractivity (Wildman–Crippen MR) is 210 cm³/mol. The van der Waals surface area contributed by atoms with Gasteiger partial charge in [-0.1, -0.05) is 50.2 Å². The van der Waals surface area contributed by atoms with Gasteiger partial charge in [0.2, 0.25) is 0 Å². The van der Waals surface area contributed by atoms with Crippen molar-refractivity contribution in [1.82, 2.24) is 10.6 Å². The summed E-state index contributed by atoms with van der Waals surface area (Å²) in [5, 5.41) is 25.1. The quantitative estimate of drug-likeness (QED) is 0.168. The molecule has 6 atom stereocenters. The molecule has 0 bridgehead atoms. The van der Waals surface area contributed by atoms with E-state index >= 15 is 0 Å². The maximum atomic E-state index is 9.02. The van der Waals surface area contributed by atoms with Crippen LogP contribution < -0.4 is 29.6 Å². The van der Waals surface area contributed by atoms with Gasteiger partial charge in [0.15, 0.2) is 0 Å². The number of benzene rings is 4. The molecular formula is C42H50Cl2N4O4. The van der Waals surface area contributed by atoms with E-state index < -0.39 is 0 Å². The van der Waals surface area contributed by atoms with Gasteiger partial charge in [-0.05, 0) is 109 Å². The molecule has 0 amide bonds. The second-order valence-electron chi connectivity index (χ2n) is 13.3. The van der Waals surface area contributed by atoms with E-state index in [0.717, 1.165) is 49.2 Å². The molecule has 0 radical (unpaired) electrons. The molecule has 0 aromatic heterocycles. The van der Waals surface area contributed by atoms with E-state index in [1.165, 1.54) is 11.1 Å². The van der Waals surface area contributed by atoms with E-state index in [1.807, 2.05) is 48.5 Å². The fourth-order valence-corrected chi connectivity index (χ4v) is 7.33. The topological polar surface area (TPSA) is 109 Å². The Bertz CT molecular complexity index is 1610. The number of nitrogens with one attached hydrogen (secondary N) is 2. The van der Waals surface area contributed by atoms with Gasteiger partial charge in [-0.25, -0.2) is 0 Å². The summed E-state index contributed by atoms with van der Waals surface area (Å²) < 4.78 is 22.6. The van der Waals surface area contributed by atoms with Crippen molar-refractivity contribution in [3.8, 4) is 35.1 Å². The van der Waals surface area contributed by atoms with Gasteiger partial charge >= 0.3 is 0 Å². The normalized spacial score (nSPS) is 22.0. The number of nitriles is 2. The van der Waals surface area contributed by atoms with Gasteiger partial charge in [-0.15, -0.1) is 24.8 Å². The maximum absolute atomic E-state index is 9.02.